The number of para-hydroxylation sites is 1. The molecule has 3 nitrogen and oxygen atoms in total. The standard InChI is InChI=1S/C18H22N2OS/c1-14-9-11-22-17(14)12-19(2)13-18(21)20-10-5-7-15-6-3-4-8-16(15)20/h3-4,6,8-9,11H,5,7,10,12-13H2,1-2H3. The molecule has 0 saturated carbocycles. The van der Waals surface area contributed by atoms with Gasteiger partial charge in [0.25, 0.3) is 0 Å². The van der Waals surface area contributed by atoms with Gasteiger partial charge in [-0.05, 0) is 55.5 Å². The van der Waals surface area contributed by atoms with E-state index in [1.807, 2.05) is 18.0 Å². The summed E-state index contributed by atoms with van der Waals surface area (Å²) in [7, 11) is 2.02. The second-order valence-corrected chi connectivity index (χ2v) is 6.98. The predicted molar refractivity (Wildman–Crippen MR) is 92.5 cm³/mol. The highest BCUT2D eigenvalue weighted by Crippen LogP contribution is 2.27. The first-order valence-electron chi connectivity index (χ1n) is 7.75. The number of thiophene rings is 1. The number of amides is 1. The minimum atomic E-state index is 0.198. The molecule has 0 aliphatic carbocycles. The summed E-state index contributed by atoms with van der Waals surface area (Å²) in [5.74, 6) is 0.198. The number of hydrogen-bond donors (Lipinski definition) is 0. The van der Waals surface area contributed by atoms with Crippen molar-refractivity contribution in [3.63, 3.8) is 0 Å². The summed E-state index contributed by atoms with van der Waals surface area (Å²) in [4.78, 5) is 18.1. The van der Waals surface area contributed by atoms with Crippen LogP contribution >= 0.6 is 11.3 Å². The highest BCUT2D eigenvalue weighted by atomic mass is 32.1. The zero-order chi connectivity index (χ0) is 15.5. The Labute approximate surface area is 136 Å². The summed E-state index contributed by atoms with van der Waals surface area (Å²) >= 11 is 1.76. The zero-order valence-electron chi connectivity index (χ0n) is 13.2. The molecule has 2 heterocycles. The quantitative estimate of drug-likeness (QED) is 0.863. The monoisotopic (exact) mass is 314 g/mol. The molecule has 1 aromatic heterocycles. The molecule has 1 aliphatic heterocycles. The Balaban J connectivity index is 1.66. The third-order valence-electron chi connectivity index (χ3n) is 4.20. The van der Waals surface area contributed by atoms with Gasteiger partial charge in [-0.25, -0.2) is 0 Å². The van der Waals surface area contributed by atoms with Gasteiger partial charge in [0.15, 0.2) is 0 Å². The van der Waals surface area contributed by atoms with Crippen LogP contribution in [0.15, 0.2) is 35.7 Å². The van der Waals surface area contributed by atoms with Gasteiger partial charge in [0.2, 0.25) is 5.91 Å². The van der Waals surface area contributed by atoms with Gasteiger partial charge in [0.1, 0.15) is 0 Å². The number of anilines is 1. The van der Waals surface area contributed by atoms with Crippen LogP contribution in [0.2, 0.25) is 0 Å². The fraction of sp³-hybridized carbons (Fsp3) is 0.389. The molecule has 1 aromatic carbocycles. The molecule has 0 radical (unpaired) electrons. The Morgan fingerprint density at radius 1 is 1.32 bits per heavy atom. The molecule has 116 valence electrons. The van der Waals surface area contributed by atoms with Crippen LogP contribution in [-0.2, 0) is 17.8 Å². The lowest BCUT2D eigenvalue weighted by Gasteiger charge is -2.31. The van der Waals surface area contributed by atoms with Crippen LogP contribution in [0.4, 0.5) is 5.69 Å². The van der Waals surface area contributed by atoms with Crippen molar-refractivity contribution in [2.75, 3.05) is 25.0 Å². The molecular weight excluding hydrogens is 292 g/mol. The number of likely N-dealkylation sites (N-methyl/N-ethyl adjacent to an activating group) is 1. The maximum atomic E-state index is 12.7. The molecule has 0 atom stereocenters. The van der Waals surface area contributed by atoms with Crippen molar-refractivity contribution < 1.29 is 4.79 Å². The van der Waals surface area contributed by atoms with E-state index in [2.05, 4.69) is 41.5 Å². The summed E-state index contributed by atoms with van der Waals surface area (Å²) in [6.45, 7) is 4.26. The summed E-state index contributed by atoms with van der Waals surface area (Å²) in [6, 6.07) is 10.4. The first-order valence-corrected chi connectivity index (χ1v) is 8.63. The van der Waals surface area contributed by atoms with Gasteiger partial charge in [0, 0.05) is 23.7 Å². The molecule has 0 unspecified atom stereocenters. The van der Waals surface area contributed by atoms with Gasteiger partial charge in [-0.2, -0.15) is 0 Å². The molecule has 2 aromatic rings. The van der Waals surface area contributed by atoms with Crippen LogP contribution in [0.5, 0.6) is 0 Å². The molecule has 0 fully saturated rings. The van der Waals surface area contributed by atoms with Crippen molar-refractivity contribution >= 4 is 22.9 Å². The predicted octanol–water partition coefficient (Wildman–Crippen LogP) is 3.47. The maximum Gasteiger partial charge on any atom is 0.241 e. The molecule has 0 spiro atoms. The summed E-state index contributed by atoms with van der Waals surface area (Å²) in [5, 5.41) is 2.11. The van der Waals surface area contributed by atoms with Crippen molar-refractivity contribution in [1.82, 2.24) is 4.90 Å². The average Bonchev–Trinajstić information content (AvgIpc) is 2.91. The number of carbonyl (C=O) groups excluding carboxylic acids is 1. The average molecular weight is 314 g/mol. The van der Waals surface area contributed by atoms with Crippen LogP contribution < -0.4 is 4.90 Å². The Bertz CT molecular complexity index is 665. The molecule has 4 heteroatoms. The number of hydrogen-bond acceptors (Lipinski definition) is 3. The van der Waals surface area contributed by atoms with Crippen LogP contribution in [0.25, 0.3) is 0 Å². The maximum absolute atomic E-state index is 12.7. The minimum Gasteiger partial charge on any atom is -0.311 e. The highest BCUT2D eigenvalue weighted by molar-refractivity contribution is 7.10. The molecule has 1 amide bonds. The van der Waals surface area contributed by atoms with Gasteiger partial charge in [-0.15, -0.1) is 11.3 Å². The number of nitrogens with zero attached hydrogens (tertiary/aromatic N) is 2. The lowest BCUT2D eigenvalue weighted by molar-refractivity contribution is -0.119. The Morgan fingerprint density at radius 3 is 2.91 bits per heavy atom. The van der Waals surface area contributed by atoms with Gasteiger partial charge in [-0.3, -0.25) is 9.69 Å². The number of aryl methyl sites for hydroxylation is 2. The minimum absolute atomic E-state index is 0.198. The van der Waals surface area contributed by atoms with Crippen LogP contribution in [0, 0.1) is 6.92 Å². The fourth-order valence-electron chi connectivity index (χ4n) is 2.98. The Hall–Kier alpha value is -1.65. The Kier molecular flexibility index (Phi) is 4.60. The van der Waals surface area contributed by atoms with E-state index in [1.54, 1.807) is 11.3 Å². The molecule has 22 heavy (non-hydrogen) atoms. The van der Waals surface area contributed by atoms with Crippen molar-refractivity contribution in [3.8, 4) is 0 Å². The molecular formula is C18H22N2OS. The summed E-state index contributed by atoms with van der Waals surface area (Å²) in [5.41, 5.74) is 3.70. The second-order valence-electron chi connectivity index (χ2n) is 5.98. The van der Waals surface area contributed by atoms with E-state index in [4.69, 9.17) is 0 Å². The van der Waals surface area contributed by atoms with Gasteiger partial charge >= 0.3 is 0 Å². The van der Waals surface area contributed by atoms with E-state index in [1.165, 1.54) is 16.0 Å². The topological polar surface area (TPSA) is 23.6 Å². The SMILES string of the molecule is Cc1ccsc1CN(C)CC(=O)N1CCCc2ccccc21. The van der Waals surface area contributed by atoms with E-state index >= 15 is 0 Å². The van der Waals surface area contributed by atoms with E-state index < -0.39 is 0 Å². The summed E-state index contributed by atoms with van der Waals surface area (Å²) < 4.78 is 0. The third-order valence-corrected chi connectivity index (χ3v) is 5.21. The lowest BCUT2D eigenvalue weighted by atomic mass is 10.0. The zero-order valence-corrected chi connectivity index (χ0v) is 14.0. The Morgan fingerprint density at radius 2 is 2.14 bits per heavy atom. The smallest absolute Gasteiger partial charge is 0.241 e. The third kappa shape index (κ3) is 3.23. The highest BCUT2D eigenvalue weighted by Gasteiger charge is 2.23. The number of benzene rings is 1. The van der Waals surface area contributed by atoms with Gasteiger partial charge < -0.3 is 4.90 Å². The lowest BCUT2D eigenvalue weighted by Crippen LogP contribution is -2.41. The molecule has 3 rings (SSSR count). The van der Waals surface area contributed by atoms with Crippen LogP contribution in [0.3, 0.4) is 0 Å². The van der Waals surface area contributed by atoms with Crippen LogP contribution in [-0.4, -0.2) is 30.9 Å². The number of fused-ring (bicyclic) bond motifs is 1. The first-order chi connectivity index (χ1) is 10.6. The first kappa shape index (κ1) is 15.3. The molecule has 1 aliphatic rings. The van der Waals surface area contributed by atoms with E-state index in [0.29, 0.717) is 6.54 Å². The van der Waals surface area contributed by atoms with E-state index in [9.17, 15) is 4.79 Å². The number of rotatable bonds is 4. The summed E-state index contributed by atoms with van der Waals surface area (Å²) in [6.07, 6.45) is 2.13. The molecule has 0 bridgehead atoms. The number of carbonyl (C=O) groups is 1. The van der Waals surface area contributed by atoms with Crippen molar-refractivity contribution in [3.05, 3.63) is 51.7 Å². The van der Waals surface area contributed by atoms with E-state index in [0.717, 1.165) is 31.6 Å². The van der Waals surface area contributed by atoms with Crippen molar-refractivity contribution in [2.45, 2.75) is 26.3 Å². The fourth-order valence-corrected chi connectivity index (χ4v) is 3.96. The normalized spacial score (nSPS) is 14.2. The van der Waals surface area contributed by atoms with Gasteiger partial charge in [0.05, 0.1) is 6.54 Å². The van der Waals surface area contributed by atoms with Crippen LogP contribution in [0.1, 0.15) is 22.4 Å². The second kappa shape index (κ2) is 6.63. The largest absolute Gasteiger partial charge is 0.311 e. The van der Waals surface area contributed by atoms with Crippen molar-refractivity contribution in [2.24, 2.45) is 0 Å². The van der Waals surface area contributed by atoms with Crippen molar-refractivity contribution in [1.29, 1.82) is 0 Å². The van der Waals surface area contributed by atoms with E-state index in [-0.39, 0.29) is 5.91 Å². The molecule has 0 N–H and O–H groups in total. The van der Waals surface area contributed by atoms with Gasteiger partial charge in [-0.1, -0.05) is 18.2 Å². The molecule has 0 saturated heterocycles.